The van der Waals surface area contributed by atoms with Crippen molar-refractivity contribution in [2.75, 3.05) is 32.3 Å². The molecule has 0 spiro atoms. The second kappa shape index (κ2) is 8.57. The Morgan fingerprint density at radius 3 is 2.83 bits per heavy atom. The second-order valence-electron chi connectivity index (χ2n) is 6.70. The van der Waals surface area contributed by atoms with Crippen molar-refractivity contribution in [1.82, 2.24) is 4.98 Å². The smallest absolute Gasteiger partial charge is 0.263 e. The van der Waals surface area contributed by atoms with E-state index in [9.17, 15) is 4.79 Å². The van der Waals surface area contributed by atoms with Gasteiger partial charge >= 0.3 is 0 Å². The number of carbonyl (C=O) groups is 1. The summed E-state index contributed by atoms with van der Waals surface area (Å²) in [6.45, 7) is 1.12. The summed E-state index contributed by atoms with van der Waals surface area (Å²) in [7, 11) is 3.15. The summed E-state index contributed by atoms with van der Waals surface area (Å²) in [6, 6.07) is 10.8. The van der Waals surface area contributed by atoms with E-state index in [1.807, 2.05) is 18.2 Å². The lowest BCUT2D eigenvalue weighted by atomic mass is 10.1. The number of methoxy groups -OCH3 is 2. The average Bonchev–Trinajstić information content (AvgIpc) is 3.40. The molecule has 2 heterocycles. The first kappa shape index (κ1) is 19.9. The highest BCUT2D eigenvalue weighted by Crippen LogP contribution is 2.36. The van der Waals surface area contributed by atoms with Crippen molar-refractivity contribution in [3.63, 3.8) is 0 Å². The van der Waals surface area contributed by atoms with Crippen LogP contribution in [0.15, 0.2) is 36.4 Å². The molecular formula is C21H21ClN2O4S. The molecule has 0 radical (unpaired) electrons. The molecule has 3 aromatic rings. The fraction of sp³-hybridized carbons (Fsp3) is 0.333. The van der Waals surface area contributed by atoms with Gasteiger partial charge in [-0.25, -0.2) is 4.98 Å². The maximum absolute atomic E-state index is 13.6. The number of hydrogen-bond donors (Lipinski definition) is 0. The first-order valence-corrected chi connectivity index (χ1v) is 10.5. The molecule has 1 aliphatic heterocycles. The summed E-state index contributed by atoms with van der Waals surface area (Å²) >= 11 is 7.61. The van der Waals surface area contributed by atoms with Crippen LogP contribution in [0.25, 0.3) is 10.2 Å². The molecule has 152 valence electrons. The number of nitrogens with zero attached hydrogens (tertiary/aromatic N) is 2. The van der Waals surface area contributed by atoms with Gasteiger partial charge in [0.05, 0.1) is 37.1 Å². The molecule has 1 atom stereocenters. The van der Waals surface area contributed by atoms with Gasteiger partial charge in [-0.05, 0) is 43.2 Å². The van der Waals surface area contributed by atoms with Crippen molar-refractivity contribution in [2.24, 2.45) is 0 Å². The minimum Gasteiger partial charge on any atom is -0.496 e. The van der Waals surface area contributed by atoms with Gasteiger partial charge in [-0.15, -0.1) is 0 Å². The standard InChI is InChI=1S/C21H21ClN2O4S/c1-26-16-9-8-13(22)11-15(16)20(25)24(12-14-5-4-10-28-14)21-23-19-17(27-2)6-3-7-18(19)29-21/h3,6-9,11,14H,4-5,10,12H2,1-2H3. The predicted octanol–water partition coefficient (Wildman–Crippen LogP) is 4.79. The lowest BCUT2D eigenvalue weighted by Crippen LogP contribution is -2.37. The molecule has 2 aromatic carbocycles. The summed E-state index contributed by atoms with van der Waals surface area (Å²) < 4.78 is 17.6. The molecule has 0 saturated carbocycles. The van der Waals surface area contributed by atoms with Crippen LogP contribution in [0.3, 0.4) is 0 Å². The molecule has 0 bridgehead atoms. The number of aromatic nitrogens is 1. The van der Waals surface area contributed by atoms with Gasteiger partial charge < -0.3 is 14.2 Å². The summed E-state index contributed by atoms with van der Waals surface area (Å²) in [4.78, 5) is 19.9. The fourth-order valence-corrected chi connectivity index (χ4v) is 4.59. The van der Waals surface area contributed by atoms with Crippen LogP contribution in [0.1, 0.15) is 23.2 Å². The lowest BCUT2D eigenvalue weighted by molar-refractivity contribution is 0.0915. The highest BCUT2D eigenvalue weighted by molar-refractivity contribution is 7.22. The highest BCUT2D eigenvalue weighted by Gasteiger charge is 2.29. The number of ether oxygens (including phenoxy) is 3. The number of anilines is 1. The van der Waals surface area contributed by atoms with Crippen LogP contribution in [0.4, 0.5) is 5.13 Å². The molecule has 1 saturated heterocycles. The fourth-order valence-electron chi connectivity index (χ4n) is 3.42. The summed E-state index contributed by atoms with van der Waals surface area (Å²) in [5, 5.41) is 1.06. The number of benzene rings is 2. The third-order valence-corrected chi connectivity index (χ3v) is 6.15. The topological polar surface area (TPSA) is 60.9 Å². The van der Waals surface area contributed by atoms with E-state index in [2.05, 4.69) is 0 Å². The zero-order valence-electron chi connectivity index (χ0n) is 16.2. The summed E-state index contributed by atoms with van der Waals surface area (Å²) in [5.74, 6) is 0.920. The van der Waals surface area contributed by atoms with Crippen LogP contribution in [-0.4, -0.2) is 44.4 Å². The quantitative estimate of drug-likeness (QED) is 0.560. The van der Waals surface area contributed by atoms with Gasteiger partial charge in [-0.1, -0.05) is 29.0 Å². The van der Waals surface area contributed by atoms with Crippen molar-refractivity contribution in [2.45, 2.75) is 18.9 Å². The van der Waals surface area contributed by atoms with E-state index in [0.717, 1.165) is 23.1 Å². The van der Waals surface area contributed by atoms with Crippen LogP contribution in [0.2, 0.25) is 5.02 Å². The number of halogens is 1. The van der Waals surface area contributed by atoms with Crippen molar-refractivity contribution in [3.8, 4) is 11.5 Å². The van der Waals surface area contributed by atoms with E-state index in [1.165, 1.54) is 18.4 Å². The molecule has 4 rings (SSSR count). The third-order valence-electron chi connectivity index (χ3n) is 4.87. The monoisotopic (exact) mass is 432 g/mol. The summed E-state index contributed by atoms with van der Waals surface area (Å²) in [6.07, 6.45) is 1.86. The zero-order valence-corrected chi connectivity index (χ0v) is 17.8. The number of carbonyl (C=O) groups excluding carboxylic acids is 1. The molecule has 1 fully saturated rings. The maximum Gasteiger partial charge on any atom is 0.263 e. The largest absolute Gasteiger partial charge is 0.496 e. The van der Waals surface area contributed by atoms with Crippen molar-refractivity contribution in [3.05, 3.63) is 47.0 Å². The molecule has 29 heavy (non-hydrogen) atoms. The number of fused-ring (bicyclic) bond motifs is 1. The van der Waals surface area contributed by atoms with E-state index in [-0.39, 0.29) is 12.0 Å². The van der Waals surface area contributed by atoms with E-state index >= 15 is 0 Å². The van der Waals surface area contributed by atoms with Gasteiger partial charge in [0.2, 0.25) is 0 Å². The van der Waals surface area contributed by atoms with Crippen molar-refractivity contribution in [1.29, 1.82) is 0 Å². The van der Waals surface area contributed by atoms with Crippen LogP contribution in [-0.2, 0) is 4.74 Å². The lowest BCUT2D eigenvalue weighted by Gasteiger charge is -2.24. The van der Waals surface area contributed by atoms with Gasteiger partial charge in [0.15, 0.2) is 5.13 Å². The zero-order chi connectivity index (χ0) is 20.4. The first-order chi connectivity index (χ1) is 14.1. The Bertz CT molecular complexity index is 1030. The number of amides is 1. The van der Waals surface area contributed by atoms with E-state index in [1.54, 1.807) is 30.2 Å². The molecule has 0 aliphatic carbocycles. The van der Waals surface area contributed by atoms with Gasteiger partial charge in [0.25, 0.3) is 5.91 Å². The van der Waals surface area contributed by atoms with Gasteiger partial charge in [0, 0.05) is 11.6 Å². The molecular weight excluding hydrogens is 412 g/mol. The van der Waals surface area contributed by atoms with E-state index in [0.29, 0.717) is 40.4 Å². The molecule has 6 nitrogen and oxygen atoms in total. The van der Waals surface area contributed by atoms with Crippen LogP contribution >= 0.6 is 22.9 Å². The minimum absolute atomic E-state index is 0.0296. The third kappa shape index (κ3) is 4.03. The number of para-hydroxylation sites is 1. The summed E-state index contributed by atoms with van der Waals surface area (Å²) in [5.41, 5.74) is 1.13. The van der Waals surface area contributed by atoms with E-state index < -0.39 is 0 Å². The van der Waals surface area contributed by atoms with Crippen LogP contribution < -0.4 is 14.4 Å². The molecule has 1 amide bonds. The van der Waals surface area contributed by atoms with Crippen LogP contribution in [0.5, 0.6) is 11.5 Å². The van der Waals surface area contributed by atoms with E-state index in [4.69, 9.17) is 30.8 Å². The van der Waals surface area contributed by atoms with Gasteiger partial charge in [0.1, 0.15) is 17.0 Å². The molecule has 1 aliphatic rings. The normalized spacial score (nSPS) is 16.2. The molecule has 1 unspecified atom stereocenters. The van der Waals surface area contributed by atoms with Gasteiger partial charge in [-0.2, -0.15) is 0 Å². The Labute approximate surface area is 178 Å². The Hall–Kier alpha value is -2.35. The maximum atomic E-state index is 13.6. The molecule has 8 heteroatoms. The van der Waals surface area contributed by atoms with Crippen molar-refractivity contribution >= 4 is 44.2 Å². The Morgan fingerprint density at radius 1 is 1.28 bits per heavy atom. The SMILES string of the molecule is COc1ccc(Cl)cc1C(=O)N(CC1CCCO1)c1nc2c(OC)cccc2s1. The number of hydrogen-bond acceptors (Lipinski definition) is 6. The number of rotatable bonds is 6. The average molecular weight is 433 g/mol. The minimum atomic E-state index is -0.224. The second-order valence-corrected chi connectivity index (χ2v) is 8.14. The Balaban J connectivity index is 1.78. The van der Waals surface area contributed by atoms with Crippen LogP contribution in [0, 0.1) is 0 Å². The Kier molecular flexibility index (Phi) is 5.89. The number of thiazole rings is 1. The predicted molar refractivity (Wildman–Crippen MR) is 115 cm³/mol. The first-order valence-electron chi connectivity index (χ1n) is 9.31. The molecule has 0 N–H and O–H groups in total. The Morgan fingerprint density at radius 2 is 2.10 bits per heavy atom. The van der Waals surface area contributed by atoms with Gasteiger partial charge in [-0.3, -0.25) is 9.69 Å². The highest BCUT2D eigenvalue weighted by atomic mass is 35.5. The molecule has 1 aromatic heterocycles. The van der Waals surface area contributed by atoms with Crippen molar-refractivity contribution < 1.29 is 19.0 Å².